The molecule has 5 rings (SSSR count). The summed E-state index contributed by atoms with van der Waals surface area (Å²) in [6, 6.07) is 0.415. The summed E-state index contributed by atoms with van der Waals surface area (Å²) < 4.78 is 7.87. The normalized spacial score (nSPS) is 19.8. The van der Waals surface area contributed by atoms with Gasteiger partial charge in [-0.25, -0.2) is 24.9 Å². The third kappa shape index (κ3) is 4.12. The first kappa shape index (κ1) is 21.0. The van der Waals surface area contributed by atoms with E-state index < -0.39 is 0 Å². The number of anilines is 2. The van der Waals surface area contributed by atoms with Gasteiger partial charge >= 0.3 is 0 Å². The molecule has 5 heterocycles. The van der Waals surface area contributed by atoms with Gasteiger partial charge in [-0.1, -0.05) is 13.8 Å². The molecule has 1 N–H and O–H groups in total. The number of rotatable bonds is 5. The minimum absolute atomic E-state index is 0.415. The molecule has 0 aromatic carbocycles. The topological polar surface area (TPSA) is 97.1 Å². The van der Waals surface area contributed by atoms with Crippen molar-refractivity contribution in [2.24, 2.45) is 5.92 Å². The van der Waals surface area contributed by atoms with Gasteiger partial charge in [0.05, 0.1) is 18.8 Å². The summed E-state index contributed by atoms with van der Waals surface area (Å²) in [7, 11) is 0. The molecule has 0 spiro atoms. The molecule has 3 aromatic rings. The van der Waals surface area contributed by atoms with E-state index in [4.69, 9.17) is 19.7 Å². The Morgan fingerprint density at radius 2 is 1.84 bits per heavy atom. The summed E-state index contributed by atoms with van der Waals surface area (Å²) in [5.74, 6) is 2.93. The van der Waals surface area contributed by atoms with Gasteiger partial charge in [0.1, 0.15) is 6.33 Å². The second-order valence-electron chi connectivity index (χ2n) is 8.99. The van der Waals surface area contributed by atoms with Gasteiger partial charge in [-0.05, 0) is 12.8 Å². The SMILES string of the molecule is CC(C)Cn1c(N2CCN[C@@H](C)C2)nc2c(N3CCOCC3)nc(-c3cncnc3)nc21. The lowest BCUT2D eigenvalue weighted by molar-refractivity contribution is 0.122. The number of fused-ring (bicyclic) bond motifs is 1. The maximum absolute atomic E-state index is 5.59. The highest BCUT2D eigenvalue weighted by Gasteiger charge is 2.27. The third-order valence-electron chi connectivity index (χ3n) is 5.88. The molecule has 10 heteroatoms. The monoisotopic (exact) mass is 437 g/mol. The first-order chi connectivity index (χ1) is 15.6. The number of aromatic nitrogens is 6. The molecule has 1 atom stereocenters. The lowest BCUT2D eigenvalue weighted by Gasteiger charge is -2.33. The fourth-order valence-corrected chi connectivity index (χ4v) is 4.40. The lowest BCUT2D eigenvalue weighted by Crippen LogP contribution is -2.50. The smallest absolute Gasteiger partial charge is 0.208 e. The Labute approximate surface area is 188 Å². The summed E-state index contributed by atoms with van der Waals surface area (Å²) in [6.07, 6.45) is 5.05. The van der Waals surface area contributed by atoms with Crippen molar-refractivity contribution in [2.75, 3.05) is 55.7 Å². The summed E-state index contributed by atoms with van der Waals surface area (Å²) >= 11 is 0. The molecule has 170 valence electrons. The highest BCUT2D eigenvalue weighted by atomic mass is 16.5. The average molecular weight is 438 g/mol. The van der Waals surface area contributed by atoms with Crippen molar-refractivity contribution in [2.45, 2.75) is 33.4 Å². The van der Waals surface area contributed by atoms with E-state index in [9.17, 15) is 0 Å². The van der Waals surface area contributed by atoms with Gasteiger partial charge in [-0.15, -0.1) is 0 Å². The van der Waals surface area contributed by atoms with E-state index in [0.717, 1.165) is 67.8 Å². The van der Waals surface area contributed by atoms with Gasteiger partial charge in [-0.3, -0.25) is 4.57 Å². The maximum Gasteiger partial charge on any atom is 0.208 e. The highest BCUT2D eigenvalue weighted by Crippen LogP contribution is 2.32. The second kappa shape index (κ2) is 8.95. The minimum atomic E-state index is 0.415. The molecule has 0 unspecified atom stereocenters. The Hall–Kier alpha value is -2.85. The largest absolute Gasteiger partial charge is 0.378 e. The fourth-order valence-electron chi connectivity index (χ4n) is 4.40. The standard InChI is InChI=1S/C22H31N9O/c1-15(2)12-31-21-18(26-22(31)30-5-4-25-16(3)13-30)20(29-6-8-32-9-7-29)27-19(28-21)17-10-23-14-24-11-17/h10-11,14-16,25H,4-9,12-13H2,1-3H3/t16-/m0/s1. The van der Waals surface area contributed by atoms with Crippen molar-refractivity contribution < 1.29 is 4.74 Å². The zero-order chi connectivity index (χ0) is 22.1. The Balaban J connectivity index is 1.71. The van der Waals surface area contributed by atoms with Gasteiger partial charge in [-0.2, -0.15) is 0 Å². The van der Waals surface area contributed by atoms with Crippen LogP contribution in [0.4, 0.5) is 11.8 Å². The van der Waals surface area contributed by atoms with E-state index in [-0.39, 0.29) is 0 Å². The minimum Gasteiger partial charge on any atom is -0.378 e. The van der Waals surface area contributed by atoms with Crippen LogP contribution in [0.1, 0.15) is 20.8 Å². The first-order valence-electron chi connectivity index (χ1n) is 11.4. The number of hydrogen-bond donors (Lipinski definition) is 1. The van der Waals surface area contributed by atoms with Crippen molar-refractivity contribution in [3.05, 3.63) is 18.7 Å². The van der Waals surface area contributed by atoms with Gasteiger partial charge in [0.15, 0.2) is 22.8 Å². The molecule has 2 aliphatic heterocycles. The molecule has 0 saturated carbocycles. The zero-order valence-corrected chi connectivity index (χ0v) is 19.0. The summed E-state index contributed by atoms with van der Waals surface area (Å²) in [5, 5.41) is 3.53. The van der Waals surface area contributed by atoms with E-state index in [1.165, 1.54) is 6.33 Å². The van der Waals surface area contributed by atoms with Crippen molar-refractivity contribution >= 4 is 22.9 Å². The summed E-state index contributed by atoms with van der Waals surface area (Å²) in [5.41, 5.74) is 2.53. The molecule has 3 aromatic heterocycles. The van der Waals surface area contributed by atoms with Gasteiger partial charge in [0.25, 0.3) is 0 Å². The maximum atomic E-state index is 5.59. The van der Waals surface area contributed by atoms with Crippen LogP contribution in [0.3, 0.4) is 0 Å². The number of nitrogens with zero attached hydrogens (tertiary/aromatic N) is 8. The van der Waals surface area contributed by atoms with E-state index in [1.807, 2.05) is 0 Å². The Bertz CT molecular complexity index is 1060. The molecule has 0 bridgehead atoms. The predicted molar refractivity (Wildman–Crippen MR) is 124 cm³/mol. The molecule has 2 aliphatic rings. The van der Waals surface area contributed by atoms with E-state index >= 15 is 0 Å². The summed E-state index contributed by atoms with van der Waals surface area (Å²) in [6.45, 7) is 13.2. The van der Waals surface area contributed by atoms with Crippen LogP contribution in [0, 0.1) is 5.92 Å². The second-order valence-corrected chi connectivity index (χ2v) is 8.99. The van der Waals surface area contributed by atoms with Crippen molar-refractivity contribution in [3.8, 4) is 11.4 Å². The highest BCUT2D eigenvalue weighted by molar-refractivity contribution is 5.88. The van der Waals surface area contributed by atoms with Crippen molar-refractivity contribution in [1.29, 1.82) is 0 Å². The Kier molecular flexibility index (Phi) is 5.88. The fraction of sp³-hybridized carbons (Fsp3) is 0.591. The molecule has 0 radical (unpaired) electrons. The number of morpholine rings is 1. The lowest BCUT2D eigenvalue weighted by atomic mass is 10.2. The predicted octanol–water partition coefficient (Wildman–Crippen LogP) is 1.57. The third-order valence-corrected chi connectivity index (χ3v) is 5.88. The number of imidazole rings is 1. The number of ether oxygens (including phenoxy) is 1. The van der Waals surface area contributed by atoms with Crippen LogP contribution in [0.15, 0.2) is 18.7 Å². The molecule has 2 fully saturated rings. The van der Waals surface area contributed by atoms with E-state index in [2.05, 4.69) is 50.4 Å². The molecular formula is C22H31N9O. The van der Waals surface area contributed by atoms with Crippen LogP contribution in [-0.4, -0.2) is 81.5 Å². The molecule has 10 nitrogen and oxygen atoms in total. The van der Waals surface area contributed by atoms with E-state index in [1.54, 1.807) is 12.4 Å². The van der Waals surface area contributed by atoms with Crippen LogP contribution >= 0.6 is 0 Å². The Morgan fingerprint density at radius 1 is 1.06 bits per heavy atom. The quantitative estimate of drug-likeness (QED) is 0.638. The van der Waals surface area contributed by atoms with Crippen LogP contribution in [0.2, 0.25) is 0 Å². The van der Waals surface area contributed by atoms with Crippen LogP contribution in [-0.2, 0) is 11.3 Å². The number of nitrogens with one attached hydrogen (secondary N) is 1. The summed E-state index contributed by atoms with van der Waals surface area (Å²) in [4.78, 5) is 28.1. The number of hydrogen-bond acceptors (Lipinski definition) is 9. The van der Waals surface area contributed by atoms with Crippen LogP contribution in [0.25, 0.3) is 22.6 Å². The molecule has 0 amide bonds. The van der Waals surface area contributed by atoms with Gasteiger partial charge < -0.3 is 19.9 Å². The Morgan fingerprint density at radius 3 is 2.56 bits per heavy atom. The molecule has 2 saturated heterocycles. The van der Waals surface area contributed by atoms with Gasteiger partial charge in [0.2, 0.25) is 5.95 Å². The van der Waals surface area contributed by atoms with Crippen LogP contribution < -0.4 is 15.1 Å². The van der Waals surface area contributed by atoms with E-state index in [0.29, 0.717) is 31.0 Å². The van der Waals surface area contributed by atoms with Crippen molar-refractivity contribution in [1.82, 2.24) is 34.8 Å². The molecule has 32 heavy (non-hydrogen) atoms. The van der Waals surface area contributed by atoms with Crippen LogP contribution in [0.5, 0.6) is 0 Å². The number of piperazine rings is 1. The molecular weight excluding hydrogens is 406 g/mol. The zero-order valence-electron chi connectivity index (χ0n) is 19.0. The van der Waals surface area contributed by atoms with Crippen molar-refractivity contribution in [3.63, 3.8) is 0 Å². The average Bonchev–Trinajstić information content (AvgIpc) is 3.17. The first-order valence-corrected chi connectivity index (χ1v) is 11.4. The molecule has 0 aliphatic carbocycles. The van der Waals surface area contributed by atoms with Gasteiger partial charge in [0, 0.05) is 57.7 Å².